The highest BCUT2D eigenvalue weighted by Gasteiger charge is 2.39. The number of hydrogen-bond donors (Lipinski definition) is 0. The van der Waals surface area contributed by atoms with Crippen LogP contribution in [-0.4, -0.2) is 22.8 Å². The molecule has 0 radical (unpaired) electrons. The molecular formula is C15H6Cl2FNO4. The van der Waals surface area contributed by atoms with Crippen molar-refractivity contribution in [3.8, 4) is 0 Å². The molecule has 1 aliphatic rings. The Kier molecular flexibility index (Phi) is 3.79. The van der Waals surface area contributed by atoms with Gasteiger partial charge >= 0.3 is 5.97 Å². The summed E-state index contributed by atoms with van der Waals surface area (Å²) in [6.45, 7) is 0. The third-order valence-corrected chi connectivity index (χ3v) is 3.74. The van der Waals surface area contributed by atoms with E-state index in [1.54, 1.807) is 12.1 Å². The fourth-order valence-corrected chi connectivity index (χ4v) is 2.73. The summed E-state index contributed by atoms with van der Waals surface area (Å²) in [7, 11) is 0. The normalized spacial score (nSPS) is 13.3. The van der Waals surface area contributed by atoms with E-state index in [0.717, 1.165) is 12.1 Å². The van der Waals surface area contributed by atoms with Gasteiger partial charge in [0.25, 0.3) is 11.8 Å². The van der Waals surface area contributed by atoms with Crippen LogP contribution in [0.2, 0.25) is 10.0 Å². The first-order valence-electron chi connectivity index (χ1n) is 6.25. The van der Waals surface area contributed by atoms with Crippen molar-refractivity contribution in [2.75, 3.05) is 0 Å². The van der Waals surface area contributed by atoms with E-state index in [4.69, 9.17) is 28.0 Å². The zero-order chi connectivity index (χ0) is 16.7. The third kappa shape index (κ3) is 2.56. The summed E-state index contributed by atoms with van der Waals surface area (Å²) in [4.78, 5) is 41.1. The predicted octanol–water partition coefficient (Wildman–Crippen LogP) is 3.50. The first kappa shape index (κ1) is 15.5. The summed E-state index contributed by atoms with van der Waals surface area (Å²) in [5, 5.41) is -0.267. The quantitative estimate of drug-likeness (QED) is 0.775. The lowest BCUT2D eigenvalue weighted by atomic mass is 10.1. The molecule has 116 valence electrons. The Hall–Kier alpha value is -2.44. The maximum Gasteiger partial charge on any atom is 0.366 e. The second-order valence-corrected chi connectivity index (χ2v) is 5.39. The standard InChI is InChI=1S/C15H6Cl2FNO4/c16-10-5-7(18)6-11(17)12(10)15(22)23-19-13(20)8-3-1-2-4-9(8)14(19)21/h1-6H. The lowest BCUT2D eigenvalue weighted by Crippen LogP contribution is -2.32. The van der Waals surface area contributed by atoms with E-state index in [1.807, 2.05) is 0 Å². The van der Waals surface area contributed by atoms with Crippen LogP contribution in [0.3, 0.4) is 0 Å². The number of nitrogens with zero attached hydrogens (tertiary/aromatic N) is 1. The Morgan fingerprint density at radius 1 is 1.00 bits per heavy atom. The monoisotopic (exact) mass is 353 g/mol. The van der Waals surface area contributed by atoms with Gasteiger partial charge in [0.2, 0.25) is 0 Å². The second-order valence-electron chi connectivity index (χ2n) is 4.57. The summed E-state index contributed by atoms with van der Waals surface area (Å²) >= 11 is 11.5. The van der Waals surface area contributed by atoms with E-state index in [0.29, 0.717) is 5.06 Å². The van der Waals surface area contributed by atoms with Gasteiger partial charge in [-0.05, 0) is 24.3 Å². The molecule has 0 saturated heterocycles. The van der Waals surface area contributed by atoms with E-state index in [2.05, 4.69) is 0 Å². The highest BCUT2D eigenvalue weighted by molar-refractivity contribution is 6.39. The third-order valence-electron chi connectivity index (χ3n) is 3.14. The van der Waals surface area contributed by atoms with Gasteiger partial charge in [-0.3, -0.25) is 9.59 Å². The molecule has 2 aromatic rings. The maximum absolute atomic E-state index is 13.1. The number of benzene rings is 2. The van der Waals surface area contributed by atoms with E-state index < -0.39 is 23.6 Å². The summed E-state index contributed by atoms with van der Waals surface area (Å²) in [5.74, 6) is -3.45. The zero-order valence-corrected chi connectivity index (χ0v) is 12.7. The maximum atomic E-state index is 13.1. The predicted molar refractivity (Wildman–Crippen MR) is 78.8 cm³/mol. The van der Waals surface area contributed by atoms with Gasteiger partial charge in [-0.1, -0.05) is 40.4 Å². The molecule has 1 aliphatic heterocycles. The van der Waals surface area contributed by atoms with Crippen LogP contribution in [0.25, 0.3) is 0 Å². The SMILES string of the molecule is O=C(ON1C(=O)c2ccccc2C1=O)c1c(Cl)cc(F)cc1Cl. The van der Waals surface area contributed by atoms with Crippen LogP contribution in [-0.2, 0) is 4.84 Å². The van der Waals surface area contributed by atoms with Crippen LogP contribution in [0.1, 0.15) is 31.1 Å². The topological polar surface area (TPSA) is 63.7 Å². The van der Waals surface area contributed by atoms with Crippen molar-refractivity contribution in [1.29, 1.82) is 0 Å². The molecule has 8 heteroatoms. The van der Waals surface area contributed by atoms with Crippen LogP contribution < -0.4 is 0 Å². The minimum absolute atomic E-state index is 0.113. The van der Waals surface area contributed by atoms with E-state index >= 15 is 0 Å². The van der Waals surface area contributed by atoms with Crippen molar-refractivity contribution in [1.82, 2.24) is 5.06 Å². The fraction of sp³-hybridized carbons (Fsp3) is 0. The Labute approximate surface area is 139 Å². The molecule has 0 unspecified atom stereocenters. The van der Waals surface area contributed by atoms with Gasteiger partial charge in [-0.2, -0.15) is 0 Å². The number of fused-ring (bicyclic) bond motifs is 1. The molecule has 5 nitrogen and oxygen atoms in total. The summed E-state index contributed by atoms with van der Waals surface area (Å²) in [6.07, 6.45) is 0. The summed E-state index contributed by atoms with van der Waals surface area (Å²) in [5.41, 5.74) is -0.116. The van der Waals surface area contributed by atoms with Crippen molar-refractivity contribution < 1.29 is 23.6 Å². The number of halogens is 3. The molecule has 0 fully saturated rings. The minimum Gasteiger partial charge on any atom is -0.324 e. The van der Waals surface area contributed by atoms with Crippen molar-refractivity contribution in [2.45, 2.75) is 0 Å². The number of carbonyl (C=O) groups is 3. The molecule has 2 amide bonds. The molecule has 2 aromatic carbocycles. The number of rotatable bonds is 2. The molecule has 1 heterocycles. The Morgan fingerprint density at radius 3 is 1.96 bits per heavy atom. The molecule has 0 aliphatic carbocycles. The van der Waals surface area contributed by atoms with Gasteiger partial charge in [0, 0.05) is 0 Å². The fourth-order valence-electron chi connectivity index (χ4n) is 2.12. The smallest absolute Gasteiger partial charge is 0.324 e. The van der Waals surface area contributed by atoms with Crippen LogP contribution in [0, 0.1) is 5.82 Å². The Bertz CT molecular complexity index is 810. The molecule has 0 atom stereocenters. The molecular weight excluding hydrogens is 348 g/mol. The molecule has 0 N–H and O–H groups in total. The number of imide groups is 1. The molecule has 23 heavy (non-hydrogen) atoms. The molecule has 0 spiro atoms. The van der Waals surface area contributed by atoms with E-state index in [1.165, 1.54) is 12.1 Å². The van der Waals surface area contributed by atoms with Gasteiger partial charge < -0.3 is 4.84 Å². The number of amides is 2. The van der Waals surface area contributed by atoms with Gasteiger partial charge in [-0.25, -0.2) is 9.18 Å². The first-order valence-corrected chi connectivity index (χ1v) is 7.00. The van der Waals surface area contributed by atoms with Crippen LogP contribution in [0.5, 0.6) is 0 Å². The van der Waals surface area contributed by atoms with Crippen LogP contribution >= 0.6 is 23.2 Å². The van der Waals surface area contributed by atoms with Gasteiger partial charge in [0.15, 0.2) is 0 Å². The molecule has 0 bridgehead atoms. The van der Waals surface area contributed by atoms with Crippen LogP contribution in [0.15, 0.2) is 36.4 Å². The number of carbonyl (C=O) groups excluding carboxylic acids is 3. The minimum atomic E-state index is -1.14. The highest BCUT2D eigenvalue weighted by Crippen LogP contribution is 2.29. The molecule has 3 rings (SSSR count). The average Bonchev–Trinajstić information content (AvgIpc) is 2.72. The van der Waals surface area contributed by atoms with E-state index in [-0.39, 0.29) is 26.7 Å². The summed E-state index contributed by atoms with van der Waals surface area (Å²) in [6, 6.07) is 7.74. The van der Waals surface area contributed by atoms with Gasteiger partial charge in [0.05, 0.1) is 26.7 Å². The molecule has 0 aromatic heterocycles. The lowest BCUT2D eigenvalue weighted by molar-refractivity contribution is -0.0584. The van der Waals surface area contributed by atoms with Crippen molar-refractivity contribution >= 4 is 41.0 Å². The zero-order valence-electron chi connectivity index (χ0n) is 11.2. The Morgan fingerprint density at radius 2 is 1.48 bits per heavy atom. The van der Waals surface area contributed by atoms with Crippen molar-refractivity contribution in [3.05, 3.63) is 69.0 Å². The first-order chi connectivity index (χ1) is 10.9. The number of hydrogen-bond acceptors (Lipinski definition) is 4. The van der Waals surface area contributed by atoms with Crippen LogP contribution in [0.4, 0.5) is 4.39 Å². The largest absolute Gasteiger partial charge is 0.366 e. The number of hydroxylamine groups is 2. The molecule has 0 saturated carbocycles. The Balaban J connectivity index is 1.91. The van der Waals surface area contributed by atoms with Gasteiger partial charge in [0.1, 0.15) is 5.82 Å². The second kappa shape index (κ2) is 5.64. The average molecular weight is 354 g/mol. The summed E-state index contributed by atoms with van der Waals surface area (Å²) < 4.78 is 13.1. The highest BCUT2D eigenvalue weighted by atomic mass is 35.5. The lowest BCUT2D eigenvalue weighted by Gasteiger charge is -2.14. The van der Waals surface area contributed by atoms with Crippen molar-refractivity contribution in [3.63, 3.8) is 0 Å². The van der Waals surface area contributed by atoms with E-state index in [9.17, 15) is 18.8 Å². The van der Waals surface area contributed by atoms with Crippen molar-refractivity contribution in [2.24, 2.45) is 0 Å². The van der Waals surface area contributed by atoms with Gasteiger partial charge in [-0.15, -0.1) is 0 Å².